The Morgan fingerprint density at radius 2 is 2.00 bits per heavy atom. The fraction of sp³-hybridized carbons (Fsp3) is 1.00. The Kier molecular flexibility index (Phi) is 6.80. The third-order valence-corrected chi connectivity index (χ3v) is 2.44. The summed E-state index contributed by atoms with van der Waals surface area (Å²) in [6.07, 6.45) is 3.22. The lowest BCUT2D eigenvalue weighted by Gasteiger charge is -2.16. The van der Waals surface area contributed by atoms with Gasteiger partial charge in [0.15, 0.2) is 0 Å². The summed E-state index contributed by atoms with van der Waals surface area (Å²) < 4.78 is 0. The molecule has 2 atom stereocenters. The maximum Gasteiger partial charge on any atom is 0.0176 e. The van der Waals surface area contributed by atoms with Crippen LogP contribution in [0.25, 0.3) is 0 Å². The Hall–Kier alpha value is 0.660. The first-order chi connectivity index (χ1) is 4.72. The summed E-state index contributed by atoms with van der Waals surface area (Å²) in [4.78, 5) is 0. The number of thiol groups is 2. The quantitative estimate of drug-likeness (QED) is 0.551. The summed E-state index contributed by atoms with van der Waals surface area (Å²) in [6, 6.07) is 0.250. The van der Waals surface area contributed by atoms with E-state index in [1.165, 1.54) is 0 Å². The van der Waals surface area contributed by atoms with Gasteiger partial charge in [-0.3, -0.25) is 0 Å². The van der Waals surface area contributed by atoms with E-state index in [0.29, 0.717) is 5.25 Å². The van der Waals surface area contributed by atoms with E-state index < -0.39 is 0 Å². The minimum atomic E-state index is 0.250. The number of hydrogen-bond donors (Lipinski definition) is 3. The topological polar surface area (TPSA) is 26.0 Å². The number of hydrogen-bond acceptors (Lipinski definition) is 3. The van der Waals surface area contributed by atoms with E-state index in [1.807, 2.05) is 0 Å². The summed E-state index contributed by atoms with van der Waals surface area (Å²) in [6.45, 7) is 2.14. The van der Waals surface area contributed by atoms with E-state index in [1.54, 1.807) is 0 Å². The van der Waals surface area contributed by atoms with E-state index in [0.717, 1.165) is 25.0 Å². The molecule has 0 saturated heterocycles. The van der Waals surface area contributed by atoms with Crippen molar-refractivity contribution in [2.45, 2.75) is 37.5 Å². The first-order valence-electron chi connectivity index (χ1n) is 3.76. The van der Waals surface area contributed by atoms with Gasteiger partial charge in [0.1, 0.15) is 0 Å². The van der Waals surface area contributed by atoms with Crippen molar-refractivity contribution in [1.29, 1.82) is 0 Å². The molecular weight excluding hydrogens is 162 g/mol. The van der Waals surface area contributed by atoms with Crippen LogP contribution in [-0.4, -0.2) is 17.0 Å². The van der Waals surface area contributed by atoms with Crippen molar-refractivity contribution in [2.24, 2.45) is 5.73 Å². The first-order valence-corrected chi connectivity index (χ1v) is 4.91. The Balaban J connectivity index is 3.38. The van der Waals surface area contributed by atoms with Crippen LogP contribution in [0.1, 0.15) is 26.2 Å². The molecule has 0 aliphatic carbocycles. The van der Waals surface area contributed by atoms with Crippen molar-refractivity contribution in [3.05, 3.63) is 0 Å². The summed E-state index contributed by atoms with van der Waals surface area (Å²) in [5.41, 5.74) is 5.80. The third kappa shape index (κ3) is 4.47. The van der Waals surface area contributed by atoms with Gasteiger partial charge in [-0.05, 0) is 18.6 Å². The van der Waals surface area contributed by atoms with Crippen LogP contribution in [0.3, 0.4) is 0 Å². The fourth-order valence-electron chi connectivity index (χ4n) is 0.872. The predicted octanol–water partition coefficient (Wildman–Crippen LogP) is 1.73. The van der Waals surface area contributed by atoms with E-state index in [4.69, 9.17) is 5.73 Å². The largest absolute Gasteiger partial charge is 0.327 e. The van der Waals surface area contributed by atoms with E-state index in [2.05, 4.69) is 32.2 Å². The van der Waals surface area contributed by atoms with Gasteiger partial charge in [-0.15, -0.1) is 0 Å². The normalized spacial score (nSPS) is 16.8. The first kappa shape index (κ1) is 10.7. The highest BCUT2D eigenvalue weighted by atomic mass is 32.1. The standard InChI is InChI=1S/C7H17NS2/c1-2-3-6(8)7(10)4-5-9/h6-7,9-10H,2-5,8H2,1H3. The van der Waals surface area contributed by atoms with Gasteiger partial charge in [0.25, 0.3) is 0 Å². The van der Waals surface area contributed by atoms with Gasteiger partial charge in [0.2, 0.25) is 0 Å². The molecule has 0 heterocycles. The van der Waals surface area contributed by atoms with E-state index in [-0.39, 0.29) is 6.04 Å². The summed E-state index contributed by atoms with van der Waals surface area (Å²) in [5.74, 6) is 0.881. The molecule has 0 spiro atoms. The van der Waals surface area contributed by atoms with Crippen molar-refractivity contribution < 1.29 is 0 Å². The molecular formula is C7H17NS2. The molecule has 0 aromatic heterocycles. The minimum Gasteiger partial charge on any atom is -0.327 e. The highest BCUT2D eigenvalue weighted by Gasteiger charge is 2.10. The molecule has 2 N–H and O–H groups in total. The zero-order valence-electron chi connectivity index (χ0n) is 6.45. The molecule has 0 amide bonds. The lowest BCUT2D eigenvalue weighted by Crippen LogP contribution is -2.30. The maximum absolute atomic E-state index is 5.80. The molecule has 0 saturated carbocycles. The molecule has 0 aliphatic heterocycles. The van der Waals surface area contributed by atoms with Crippen LogP contribution in [0.15, 0.2) is 0 Å². The lowest BCUT2D eigenvalue weighted by atomic mass is 10.1. The average molecular weight is 179 g/mol. The van der Waals surface area contributed by atoms with Gasteiger partial charge in [0.05, 0.1) is 0 Å². The molecule has 0 radical (unpaired) electrons. The highest BCUT2D eigenvalue weighted by molar-refractivity contribution is 7.81. The molecule has 0 aromatic carbocycles. The van der Waals surface area contributed by atoms with Crippen molar-refractivity contribution in [1.82, 2.24) is 0 Å². The molecule has 0 aromatic rings. The second-order valence-corrected chi connectivity index (χ2v) is 3.64. The van der Waals surface area contributed by atoms with Crippen LogP contribution in [-0.2, 0) is 0 Å². The number of nitrogens with two attached hydrogens (primary N) is 1. The minimum absolute atomic E-state index is 0.250. The van der Waals surface area contributed by atoms with Crippen LogP contribution < -0.4 is 5.73 Å². The highest BCUT2D eigenvalue weighted by Crippen LogP contribution is 2.10. The van der Waals surface area contributed by atoms with Gasteiger partial charge < -0.3 is 5.73 Å². The summed E-state index contributed by atoms with van der Waals surface area (Å²) in [7, 11) is 0. The maximum atomic E-state index is 5.80. The molecule has 0 fully saturated rings. The van der Waals surface area contributed by atoms with Crippen LogP contribution in [0.5, 0.6) is 0 Å². The van der Waals surface area contributed by atoms with E-state index in [9.17, 15) is 0 Å². The lowest BCUT2D eigenvalue weighted by molar-refractivity contribution is 0.571. The van der Waals surface area contributed by atoms with Gasteiger partial charge in [0, 0.05) is 11.3 Å². The molecule has 2 unspecified atom stereocenters. The molecule has 1 nitrogen and oxygen atoms in total. The SMILES string of the molecule is CCCC(N)C(S)CCS. The van der Waals surface area contributed by atoms with Gasteiger partial charge >= 0.3 is 0 Å². The van der Waals surface area contributed by atoms with Crippen molar-refractivity contribution in [2.75, 3.05) is 5.75 Å². The molecule has 3 heteroatoms. The van der Waals surface area contributed by atoms with Crippen LogP contribution in [0, 0.1) is 0 Å². The monoisotopic (exact) mass is 179 g/mol. The third-order valence-electron chi connectivity index (χ3n) is 1.54. The van der Waals surface area contributed by atoms with Gasteiger partial charge in [-0.2, -0.15) is 25.3 Å². The number of rotatable bonds is 5. The summed E-state index contributed by atoms with van der Waals surface area (Å²) >= 11 is 8.48. The molecule has 0 bridgehead atoms. The second-order valence-electron chi connectivity index (χ2n) is 2.53. The van der Waals surface area contributed by atoms with Crippen molar-refractivity contribution in [3.8, 4) is 0 Å². The second kappa shape index (κ2) is 6.38. The Bertz CT molecular complexity index is 68.0. The molecule has 10 heavy (non-hydrogen) atoms. The Morgan fingerprint density at radius 3 is 2.40 bits per heavy atom. The smallest absolute Gasteiger partial charge is 0.0176 e. The van der Waals surface area contributed by atoms with E-state index >= 15 is 0 Å². The average Bonchev–Trinajstić information content (AvgIpc) is 1.89. The molecule has 0 aliphatic rings. The molecule has 0 rings (SSSR count). The summed E-state index contributed by atoms with van der Waals surface area (Å²) in [5, 5.41) is 0.331. The van der Waals surface area contributed by atoms with Crippen molar-refractivity contribution in [3.63, 3.8) is 0 Å². The zero-order chi connectivity index (χ0) is 7.98. The van der Waals surface area contributed by atoms with Crippen LogP contribution in [0.2, 0.25) is 0 Å². The van der Waals surface area contributed by atoms with Gasteiger partial charge in [-0.1, -0.05) is 13.3 Å². The van der Waals surface area contributed by atoms with Crippen LogP contribution >= 0.6 is 25.3 Å². The van der Waals surface area contributed by atoms with Crippen LogP contribution in [0.4, 0.5) is 0 Å². The fourth-order valence-corrected chi connectivity index (χ4v) is 1.63. The Labute approximate surface area is 74.6 Å². The molecule has 62 valence electrons. The van der Waals surface area contributed by atoms with Gasteiger partial charge in [-0.25, -0.2) is 0 Å². The van der Waals surface area contributed by atoms with Crippen molar-refractivity contribution >= 4 is 25.3 Å². The Morgan fingerprint density at radius 1 is 1.40 bits per heavy atom. The predicted molar refractivity (Wildman–Crippen MR) is 54.1 cm³/mol. The zero-order valence-corrected chi connectivity index (χ0v) is 8.24.